The van der Waals surface area contributed by atoms with Crippen LogP contribution < -0.4 is 5.32 Å². The third-order valence-electron chi connectivity index (χ3n) is 2.81. The van der Waals surface area contributed by atoms with Crippen LogP contribution in [0.5, 0.6) is 0 Å². The van der Waals surface area contributed by atoms with Crippen LogP contribution in [0.25, 0.3) is 0 Å². The number of rotatable bonds is 6. The maximum Gasteiger partial charge on any atom is 0.310 e. The van der Waals surface area contributed by atoms with E-state index in [1.807, 2.05) is 6.92 Å². The number of carbonyl (C=O) groups excluding carboxylic acids is 1. The van der Waals surface area contributed by atoms with E-state index in [0.29, 0.717) is 22.3 Å². The molecular formula is C13H17F2NO2S. The number of ether oxygens (including phenoxy) is 1. The van der Waals surface area contributed by atoms with Crippen LogP contribution in [0.3, 0.4) is 0 Å². The van der Waals surface area contributed by atoms with Gasteiger partial charge in [-0.3, -0.25) is 4.79 Å². The molecule has 0 heterocycles. The molecule has 0 radical (unpaired) electrons. The summed E-state index contributed by atoms with van der Waals surface area (Å²) in [6, 6.07) is 6.57. The van der Waals surface area contributed by atoms with E-state index < -0.39 is 5.76 Å². The number of anilines is 1. The first-order chi connectivity index (χ1) is 8.95. The van der Waals surface area contributed by atoms with Gasteiger partial charge in [0.05, 0.1) is 13.0 Å². The lowest BCUT2D eigenvalue weighted by Gasteiger charge is -2.21. The number of alkyl halides is 2. The molecule has 0 saturated carbocycles. The first-order valence-corrected chi connectivity index (χ1v) is 6.72. The van der Waals surface area contributed by atoms with Crippen molar-refractivity contribution in [1.29, 1.82) is 0 Å². The van der Waals surface area contributed by atoms with Crippen LogP contribution in [0.15, 0.2) is 29.2 Å². The fourth-order valence-corrected chi connectivity index (χ4v) is 2.15. The van der Waals surface area contributed by atoms with Gasteiger partial charge >= 0.3 is 5.97 Å². The zero-order valence-electron chi connectivity index (χ0n) is 11.0. The summed E-state index contributed by atoms with van der Waals surface area (Å²) in [6.45, 7) is 3.54. The normalized spacial score (nSPS) is 14.0. The molecule has 19 heavy (non-hydrogen) atoms. The van der Waals surface area contributed by atoms with E-state index in [1.54, 1.807) is 31.2 Å². The molecule has 3 nitrogen and oxygen atoms in total. The first kappa shape index (κ1) is 15.8. The number of para-hydroxylation sites is 1. The summed E-state index contributed by atoms with van der Waals surface area (Å²) >= 11 is 0.481. The van der Waals surface area contributed by atoms with Crippen molar-refractivity contribution in [2.75, 3.05) is 12.4 Å². The van der Waals surface area contributed by atoms with Crippen molar-refractivity contribution in [2.45, 2.75) is 30.5 Å². The number of hydrogen-bond donors (Lipinski definition) is 1. The molecule has 2 unspecified atom stereocenters. The first-order valence-electron chi connectivity index (χ1n) is 5.84. The topological polar surface area (TPSA) is 38.3 Å². The Hall–Kier alpha value is -1.30. The third kappa shape index (κ3) is 4.70. The molecule has 0 aromatic heterocycles. The monoisotopic (exact) mass is 289 g/mol. The van der Waals surface area contributed by atoms with Crippen molar-refractivity contribution in [1.82, 2.24) is 0 Å². The van der Waals surface area contributed by atoms with Gasteiger partial charge in [-0.25, -0.2) is 0 Å². The number of esters is 1. The number of carbonyl (C=O) groups is 1. The smallest absolute Gasteiger partial charge is 0.310 e. The number of thioether (sulfide) groups is 1. The highest BCUT2D eigenvalue weighted by molar-refractivity contribution is 7.99. The summed E-state index contributed by atoms with van der Waals surface area (Å²) in [4.78, 5) is 11.9. The molecule has 0 spiro atoms. The molecule has 1 rings (SSSR count). The molecule has 0 bridgehead atoms. The van der Waals surface area contributed by atoms with Gasteiger partial charge in [0.1, 0.15) is 0 Å². The fraction of sp³-hybridized carbons (Fsp3) is 0.462. The highest BCUT2D eigenvalue weighted by Gasteiger charge is 2.21. The number of benzene rings is 1. The molecule has 0 aliphatic heterocycles. The minimum atomic E-state index is -2.48. The molecule has 0 saturated heterocycles. The number of nitrogens with one attached hydrogen (secondary N) is 1. The van der Waals surface area contributed by atoms with E-state index in [-0.39, 0.29) is 17.9 Å². The average Bonchev–Trinajstić information content (AvgIpc) is 2.38. The van der Waals surface area contributed by atoms with Crippen molar-refractivity contribution in [3.05, 3.63) is 24.3 Å². The van der Waals surface area contributed by atoms with Gasteiger partial charge in [-0.05, 0) is 26.0 Å². The van der Waals surface area contributed by atoms with E-state index in [0.717, 1.165) is 0 Å². The molecule has 0 aliphatic rings. The second-order valence-electron chi connectivity index (χ2n) is 4.12. The summed E-state index contributed by atoms with van der Waals surface area (Å²) < 4.78 is 29.5. The summed E-state index contributed by atoms with van der Waals surface area (Å²) in [5.74, 6) is -3.18. The second kappa shape index (κ2) is 7.33. The van der Waals surface area contributed by atoms with Crippen molar-refractivity contribution in [3.8, 4) is 0 Å². The Balaban J connectivity index is 2.78. The number of methoxy groups -OCH3 is 1. The Morgan fingerprint density at radius 2 is 1.95 bits per heavy atom. The highest BCUT2D eigenvalue weighted by Crippen LogP contribution is 2.32. The molecular weight excluding hydrogens is 272 g/mol. The Morgan fingerprint density at radius 1 is 1.32 bits per heavy atom. The summed E-state index contributed by atoms with van der Waals surface area (Å²) in [6.07, 6.45) is 0. The molecule has 106 valence electrons. The van der Waals surface area contributed by atoms with E-state index in [2.05, 4.69) is 10.1 Å². The van der Waals surface area contributed by atoms with Gasteiger partial charge in [0.25, 0.3) is 5.76 Å². The van der Waals surface area contributed by atoms with Gasteiger partial charge in [0.2, 0.25) is 0 Å². The van der Waals surface area contributed by atoms with Gasteiger partial charge in [-0.1, -0.05) is 23.9 Å². The lowest BCUT2D eigenvalue weighted by molar-refractivity contribution is -0.145. The molecule has 2 atom stereocenters. The van der Waals surface area contributed by atoms with Crippen molar-refractivity contribution < 1.29 is 18.3 Å². The van der Waals surface area contributed by atoms with Crippen molar-refractivity contribution in [3.63, 3.8) is 0 Å². The molecule has 1 aromatic carbocycles. The maximum atomic E-state index is 12.4. The second-order valence-corrected chi connectivity index (χ2v) is 5.15. The molecule has 1 aromatic rings. The van der Waals surface area contributed by atoms with Crippen LogP contribution in [-0.4, -0.2) is 24.9 Å². The van der Waals surface area contributed by atoms with Gasteiger partial charge in [-0.15, -0.1) is 0 Å². The molecule has 0 fully saturated rings. The summed E-state index contributed by atoms with van der Waals surface area (Å²) in [5, 5.41) is 3.08. The molecule has 6 heteroatoms. The SMILES string of the molecule is COC(=O)C(C)C(C)Nc1ccccc1SC(F)F. The van der Waals surface area contributed by atoms with Gasteiger partial charge in [0.15, 0.2) is 0 Å². The standard InChI is InChI=1S/C13H17F2NO2S/c1-8(12(17)18-3)9(2)16-10-6-4-5-7-11(10)19-13(14)15/h4-9,13,16H,1-3H3. The predicted molar refractivity (Wildman–Crippen MR) is 72.6 cm³/mol. The fourth-order valence-electron chi connectivity index (χ4n) is 1.54. The number of halogens is 2. The van der Waals surface area contributed by atoms with Gasteiger partial charge in [-0.2, -0.15) is 8.78 Å². The zero-order valence-corrected chi connectivity index (χ0v) is 11.8. The van der Waals surface area contributed by atoms with Crippen LogP contribution in [0.2, 0.25) is 0 Å². The average molecular weight is 289 g/mol. The van der Waals surface area contributed by atoms with E-state index >= 15 is 0 Å². The summed E-state index contributed by atoms with van der Waals surface area (Å²) in [5.41, 5.74) is 0.594. The summed E-state index contributed by atoms with van der Waals surface area (Å²) in [7, 11) is 1.33. The van der Waals surface area contributed by atoms with Gasteiger partial charge < -0.3 is 10.1 Å². The Bertz CT molecular complexity index is 429. The Morgan fingerprint density at radius 3 is 2.53 bits per heavy atom. The predicted octanol–water partition coefficient (Wildman–Crippen LogP) is 3.61. The van der Waals surface area contributed by atoms with Crippen LogP contribution in [0.4, 0.5) is 14.5 Å². The maximum absolute atomic E-state index is 12.4. The van der Waals surface area contributed by atoms with Crippen LogP contribution >= 0.6 is 11.8 Å². The lowest BCUT2D eigenvalue weighted by atomic mass is 10.0. The molecule has 0 aliphatic carbocycles. The van der Waals surface area contributed by atoms with Crippen molar-refractivity contribution >= 4 is 23.4 Å². The van der Waals surface area contributed by atoms with Crippen LogP contribution in [0.1, 0.15) is 13.8 Å². The molecule has 0 amide bonds. The third-order valence-corrected chi connectivity index (χ3v) is 3.60. The minimum absolute atomic E-state index is 0.216. The highest BCUT2D eigenvalue weighted by atomic mass is 32.2. The van der Waals surface area contributed by atoms with E-state index in [4.69, 9.17) is 0 Å². The van der Waals surface area contributed by atoms with Gasteiger partial charge in [0, 0.05) is 16.6 Å². The largest absolute Gasteiger partial charge is 0.469 e. The van der Waals surface area contributed by atoms with Crippen molar-refractivity contribution in [2.24, 2.45) is 5.92 Å². The van der Waals surface area contributed by atoms with Crippen LogP contribution in [0, 0.1) is 5.92 Å². The van der Waals surface area contributed by atoms with E-state index in [9.17, 15) is 13.6 Å². The zero-order chi connectivity index (χ0) is 14.4. The van der Waals surface area contributed by atoms with E-state index in [1.165, 1.54) is 7.11 Å². The quantitative estimate of drug-likeness (QED) is 0.641. The number of hydrogen-bond acceptors (Lipinski definition) is 4. The van der Waals surface area contributed by atoms with Crippen LogP contribution in [-0.2, 0) is 9.53 Å². The lowest BCUT2D eigenvalue weighted by Crippen LogP contribution is -2.30. The Kier molecular flexibility index (Phi) is 6.08. The minimum Gasteiger partial charge on any atom is -0.469 e. The Labute approximate surface area is 115 Å². The molecule has 1 N–H and O–H groups in total.